The number of ether oxygens (including phenoxy) is 2. The summed E-state index contributed by atoms with van der Waals surface area (Å²) >= 11 is 0. The molecule has 30 heavy (non-hydrogen) atoms. The van der Waals surface area contributed by atoms with Gasteiger partial charge in [0, 0.05) is 39.6 Å². The van der Waals surface area contributed by atoms with E-state index in [-0.39, 0.29) is 12.5 Å². The molecule has 0 aliphatic heterocycles. The van der Waals surface area contributed by atoms with Gasteiger partial charge in [0.15, 0.2) is 11.5 Å². The summed E-state index contributed by atoms with van der Waals surface area (Å²) in [5, 5.41) is 16.4. The average Bonchev–Trinajstić information content (AvgIpc) is 2.72. The number of hydrogen-bond acceptors (Lipinski definition) is 6. The zero-order chi connectivity index (χ0) is 21.8. The third kappa shape index (κ3) is 8.82. The number of benzene rings is 2. The highest BCUT2D eigenvalue weighted by Crippen LogP contribution is 2.28. The Hall–Kier alpha value is -2.61. The van der Waals surface area contributed by atoms with Gasteiger partial charge in [-0.25, -0.2) is 0 Å². The first kappa shape index (κ1) is 23.7. The number of amides is 1. The van der Waals surface area contributed by atoms with Gasteiger partial charge < -0.3 is 25.2 Å². The van der Waals surface area contributed by atoms with Crippen LogP contribution >= 0.6 is 0 Å². The number of likely N-dealkylation sites (N-methyl/N-ethyl adjacent to an activating group) is 1. The molecule has 164 valence electrons. The van der Waals surface area contributed by atoms with Crippen molar-refractivity contribution in [1.82, 2.24) is 15.5 Å². The number of rotatable bonds is 13. The van der Waals surface area contributed by atoms with E-state index in [1.807, 2.05) is 43.4 Å². The van der Waals surface area contributed by atoms with Crippen molar-refractivity contribution >= 4 is 5.91 Å². The first-order chi connectivity index (χ1) is 14.5. The minimum atomic E-state index is -0.622. The molecule has 0 aromatic heterocycles. The third-order valence-corrected chi connectivity index (χ3v) is 4.48. The summed E-state index contributed by atoms with van der Waals surface area (Å²) in [4.78, 5) is 13.0. The average molecular weight is 416 g/mol. The Morgan fingerprint density at radius 1 is 1.10 bits per heavy atom. The molecule has 0 bridgehead atoms. The summed E-state index contributed by atoms with van der Waals surface area (Å²) in [5.41, 5.74) is 2.23. The SMILES string of the molecule is COc1ccc(CNCCNC(C)=O)cc1OC[C@H](O)CN(C)Cc1ccccc1. The molecule has 0 radical (unpaired) electrons. The highest BCUT2D eigenvalue weighted by Gasteiger charge is 2.12. The molecule has 0 aliphatic rings. The minimum absolute atomic E-state index is 0.0371. The summed E-state index contributed by atoms with van der Waals surface area (Å²) in [6, 6.07) is 15.9. The van der Waals surface area contributed by atoms with Crippen molar-refractivity contribution in [1.29, 1.82) is 0 Å². The Morgan fingerprint density at radius 2 is 1.87 bits per heavy atom. The molecule has 7 nitrogen and oxygen atoms in total. The lowest BCUT2D eigenvalue weighted by Gasteiger charge is -2.21. The highest BCUT2D eigenvalue weighted by atomic mass is 16.5. The maximum absolute atomic E-state index is 10.9. The third-order valence-electron chi connectivity index (χ3n) is 4.48. The van der Waals surface area contributed by atoms with Gasteiger partial charge in [0.25, 0.3) is 0 Å². The van der Waals surface area contributed by atoms with E-state index in [1.165, 1.54) is 12.5 Å². The largest absolute Gasteiger partial charge is 0.493 e. The van der Waals surface area contributed by atoms with Gasteiger partial charge in [-0.2, -0.15) is 0 Å². The van der Waals surface area contributed by atoms with E-state index in [0.717, 1.165) is 12.1 Å². The van der Waals surface area contributed by atoms with Crippen molar-refractivity contribution in [3.8, 4) is 11.5 Å². The van der Waals surface area contributed by atoms with Crippen LogP contribution in [0.3, 0.4) is 0 Å². The maximum Gasteiger partial charge on any atom is 0.216 e. The van der Waals surface area contributed by atoms with Crippen molar-refractivity contribution in [3.63, 3.8) is 0 Å². The molecule has 1 atom stereocenters. The van der Waals surface area contributed by atoms with Gasteiger partial charge in [-0.1, -0.05) is 36.4 Å². The molecular weight excluding hydrogens is 382 g/mol. The molecule has 2 rings (SSSR count). The van der Waals surface area contributed by atoms with Crippen molar-refractivity contribution in [2.75, 3.05) is 40.4 Å². The number of nitrogens with zero attached hydrogens (tertiary/aromatic N) is 1. The van der Waals surface area contributed by atoms with Crippen molar-refractivity contribution in [3.05, 3.63) is 59.7 Å². The molecule has 0 unspecified atom stereocenters. The van der Waals surface area contributed by atoms with Crippen LogP contribution in [0.1, 0.15) is 18.1 Å². The number of hydrogen-bond donors (Lipinski definition) is 3. The monoisotopic (exact) mass is 415 g/mol. The van der Waals surface area contributed by atoms with Crippen molar-refractivity contribution < 1.29 is 19.4 Å². The first-order valence-electron chi connectivity index (χ1n) is 10.1. The lowest BCUT2D eigenvalue weighted by atomic mass is 10.2. The van der Waals surface area contributed by atoms with Crippen LogP contribution in [0.15, 0.2) is 48.5 Å². The van der Waals surface area contributed by atoms with E-state index >= 15 is 0 Å². The fraction of sp³-hybridized carbons (Fsp3) is 0.435. The zero-order valence-corrected chi connectivity index (χ0v) is 18.1. The van der Waals surface area contributed by atoms with Crippen LogP contribution in [0.4, 0.5) is 0 Å². The van der Waals surface area contributed by atoms with Gasteiger partial charge in [0.1, 0.15) is 12.7 Å². The molecule has 0 spiro atoms. The van der Waals surface area contributed by atoms with Crippen LogP contribution in [0.2, 0.25) is 0 Å². The summed E-state index contributed by atoms with van der Waals surface area (Å²) in [6.07, 6.45) is -0.622. The van der Waals surface area contributed by atoms with Crippen LogP contribution < -0.4 is 20.1 Å². The fourth-order valence-corrected chi connectivity index (χ4v) is 3.06. The molecule has 0 aliphatic carbocycles. The van der Waals surface area contributed by atoms with E-state index < -0.39 is 6.10 Å². The van der Waals surface area contributed by atoms with Crippen LogP contribution in [0, 0.1) is 0 Å². The smallest absolute Gasteiger partial charge is 0.216 e. The minimum Gasteiger partial charge on any atom is -0.493 e. The van der Waals surface area contributed by atoms with Gasteiger partial charge in [-0.05, 0) is 30.3 Å². The van der Waals surface area contributed by atoms with Crippen LogP contribution in [-0.4, -0.2) is 62.4 Å². The van der Waals surface area contributed by atoms with Gasteiger partial charge in [0.05, 0.1) is 7.11 Å². The van der Waals surface area contributed by atoms with E-state index in [1.54, 1.807) is 7.11 Å². The zero-order valence-electron chi connectivity index (χ0n) is 18.1. The Morgan fingerprint density at radius 3 is 2.57 bits per heavy atom. The number of carbonyl (C=O) groups excluding carboxylic acids is 1. The van der Waals surface area contributed by atoms with Gasteiger partial charge >= 0.3 is 0 Å². The number of carbonyl (C=O) groups is 1. The number of methoxy groups -OCH3 is 1. The molecule has 7 heteroatoms. The van der Waals surface area contributed by atoms with Crippen LogP contribution in [0.25, 0.3) is 0 Å². The molecule has 0 fully saturated rings. The molecule has 1 amide bonds. The summed E-state index contributed by atoms with van der Waals surface area (Å²) in [5.74, 6) is 1.19. The van der Waals surface area contributed by atoms with Gasteiger partial charge in [-0.3, -0.25) is 9.69 Å². The molecule has 0 saturated carbocycles. The molecule has 3 N–H and O–H groups in total. The van der Waals surface area contributed by atoms with Gasteiger partial charge in [0.2, 0.25) is 5.91 Å². The lowest BCUT2D eigenvalue weighted by Crippen LogP contribution is -2.32. The Kier molecular flexibility index (Phi) is 10.1. The van der Waals surface area contributed by atoms with E-state index in [9.17, 15) is 9.90 Å². The maximum atomic E-state index is 10.9. The van der Waals surface area contributed by atoms with Crippen molar-refractivity contribution in [2.45, 2.75) is 26.1 Å². The second kappa shape index (κ2) is 12.8. The second-order valence-electron chi connectivity index (χ2n) is 7.29. The Balaban J connectivity index is 1.81. The van der Waals surface area contributed by atoms with E-state index in [0.29, 0.717) is 37.7 Å². The summed E-state index contributed by atoms with van der Waals surface area (Å²) in [7, 11) is 3.57. The number of aliphatic hydroxyl groups excluding tert-OH is 1. The summed E-state index contributed by atoms with van der Waals surface area (Å²) in [6.45, 7) is 4.84. The van der Waals surface area contributed by atoms with Gasteiger partial charge in [-0.15, -0.1) is 0 Å². The number of aliphatic hydroxyl groups is 1. The van der Waals surface area contributed by atoms with E-state index in [2.05, 4.69) is 27.7 Å². The van der Waals surface area contributed by atoms with E-state index in [4.69, 9.17) is 9.47 Å². The predicted molar refractivity (Wildman–Crippen MR) is 118 cm³/mol. The fourth-order valence-electron chi connectivity index (χ4n) is 3.06. The summed E-state index contributed by atoms with van der Waals surface area (Å²) < 4.78 is 11.2. The number of nitrogens with one attached hydrogen (secondary N) is 2. The van der Waals surface area contributed by atoms with Crippen molar-refractivity contribution in [2.24, 2.45) is 0 Å². The lowest BCUT2D eigenvalue weighted by molar-refractivity contribution is -0.118. The quantitative estimate of drug-likeness (QED) is 0.433. The molecular formula is C23H33N3O4. The topological polar surface area (TPSA) is 83.1 Å². The standard InChI is InChI=1S/C23H33N3O4/c1-18(27)25-12-11-24-14-20-9-10-22(29-3)23(13-20)30-17-21(28)16-26(2)15-19-7-5-4-6-8-19/h4-10,13,21,24,28H,11-12,14-17H2,1-3H3,(H,25,27)/t21-/m1/s1. The molecule has 0 heterocycles. The van der Waals surface area contributed by atoms with Crippen LogP contribution in [0.5, 0.6) is 11.5 Å². The molecule has 2 aromatic carbocycles. The predicted octanol–water partition coefficient (Wildman–Crippen LogP) is 1.79. The molecule has 0 saturated heterocycles. The molecule has 2 aromatic rings. The first-order valence-corrected chi connectivity index (χ1v) is 10.1. The second-order valence-corrected chi connectivity index (χ2v) is 7.29. The highest BCUT2D eigenvalue weighted by molar-refractivity contribution is 5.72. The normalized spacial score (nSPS) is 11.9. The Bertz CT molecular complexity index is 770. The van der Waals surface area contributed by atoms with Crippen LogP contribution in [-0.2, 0) is 17.9 Å². The Labute approximate surface area is 179 Å².